The standard InChI is InChI=1S/C28H30ClNO5/c1-5-33-28(32)26-24(25-21(31)7-6-8-23(25)35-27(26)30)20-13-18(15(2)11-16(20)3)14-34-22-10-9-19(29)12-17(22)4/h9-13,24H,5-8,14,30H2,1-4H3/t24-/m0/s1. The zero-order valence-corrected chi connectivity index (χ0v) is 21.3. The lowest BCUT2D eigenvalue weighted by molar-refractivity contribution is -0.139. The maximum absolute atomic E-state index is 13.1. The maximum Gasteiger partial charge on any atom is 0.340 e. The molecule has 0 spiro atoms. The predicted molar refractivity (Wildman–Crippen MR) is 134 cm³/mol. The van der Waals surface area contributed by atoms with Crippen molar-refractivity contribution >= 4 is 23.4 Å². The molecule has 0 amide bonds. The average molecular weight is 496 g/mol. The van der Waals surface area contributed by atoms with Gasteiger partial charge in [-0.1, -0.05) is 23.7 Å². The number of hydrogen-bond acceptors (Lipinski definition) is 6. The molecule has 2 aromatic rings. The molecule has 1 aliphatic heterocycles. The number of ketones is 1. The minimum absolute atomic E-state index is 0.00327. The van der Waals surface area contributed by atoms with Crippen molar-refractivity contribution in [3.05, 3.63) is 86.0 Å². The molecule has 2 aliphatic rings. The van der Waals surface area contributed by atoms with Gasteiger partial charge >= 0.3 is 5.97 Å². The lowest BCUT2D eigenvalue weighted by Gasteiger charge is -2.33. The van der Waals surface area contributed by atoms with Gasteiger partial charge in [0, 0.05) is 23.4 Å². The Morgan fingerprint density at radius 2 is 1.89 bits per heavy atom. The van der Waals surface area contributed by atoms with E-state index in [1.165, 1.54) is 0 Å². The second kappa shape index (κ2) is 10.2. The van der Waals surface area contributed by atoms with Crippen LogP contribution in [0.4, 0.5) is 0 Å². The molecule has 2 aromatic carbocycles. The molecule has 184 valence electrons. The summed E-state index contributed by atoms with van der Waals surface area (Å²) in [4.78, 5) is 26.1. The number of carbonyl (C=O) groups excluding carboxylic acids is 2. The quantitative estimate of drug-likeness (QED) is 0.517. The summed E-state index contributed by atoms with van der Waals surface area (Å²) in [5.74, 6) is 0.0328. The fourth-order valence-electron chi connectivity index (χ4n) is 4.79. The molecule has 0 fully saturated rings. The number of hydrogen-bond donors (Lipinski definition) is 1. The molecular weight excluding hydrogens is 466 g/mol. The molecule has 0 saturated carbocycles. The predicted octanol–water partition coefficient (Wildman–Crippen LogP) is 5.70. The van der Waals surface area contributed by atoms with E-state index in [0.717, 1.165) is 33.6 Å². The minimum atomic E-state index is -0.651. The zero-order valence-electron chi connectivity index (χ0n) is 20.5. The van der Waals surface area contributed by atoms with Gasteiger partial charge in [-0.2, -0.15) is 0 Å². The van der Waals surface area contributed by atoms with E-state index < -0.39 is 11.9 Å². The third kappa shape index (κ3) is 4.94. The molecule has 1 heterocycles. The number of nitrogens with two attached hydrogens (primary N) is 1. The Balaban J connectivity index is 1.79. The third-order valence-electron chi connectivity index (χ3n) is 6.54. The highest BCUT2D eigenvalue weighted by molar-refractivity contribution is 6.30. The van der Waals surface area contributed by atoms with Crippen LogP contribution in [0.25, 0.3) is 0 Å². The van der Waals surface area contributed by atoms with E-state index in [1.54, 1.807) is 13.0 Å². The fourth-order valence-corrected chi connectivity index (χ4v) is 5.01. The van der Waals surface area contributed by atoms with Crippen LogP contribution in [0.15, 0.2) is 53.1 Å². The van der Waals surface area contributed by atoms with Gasteiger partial charge in [0.1, 0.15) is 23.7 Å². The number of esters is 1. The van der Waals surface area contributed by atoms with Gasteiger partial charge < -0.3 is 19.9 Å². The molecule has 0 unspecified atom stereocenters. The Morgan fingerprint density at radius 3 is 2.60 bits per heavy atom. The molecule has 1 aliphatic carbocycles. The number of allylic oxidation sites excluding steroid dienone is 2. The van der Waals surface area contributed by atoms with Crippen molar-refractivity contribution in [3.8, 4) is 5.75 Å². The summed E-state index contributed by atoms with van der Waals surface area (Å²) in [6.45, 7) is 8.17. The maximum atomic E-state index is 13.1. The summed E-state index contributed by atoms with van der Waals surface area (Å²) >= 11 is 6.07. The van der Waals surface area contributed by atoms with E-state index in [-0.39, 0.29) is 23.8 Å². The monoisotopic (exact) mass is 495 g/mol. The average Bonchev–Trinajstić information content (AvgIpc) is 2.79. The van der Waals surface area contributed by atoms with Gasteiger partial charge in [-0.15, -0.1) is 0 Å². The molecule has 1 atom stereocenters. The molecule has 0 saturated heterocycles. The van der Waals surface area contributed by atoms with E-state index in [1.807, 2.05) is 45.0 Å². The number of ether oxygens (including phenoxy) is 3. The second-order valence-corrected chi connectivity index (χ2v) is 9.42. The van der Waals surface area contributed by atoms with Gasteiger partial charge in [-0.25, -0.2) is 4.79 Å². The first-order valence-electron chi connectivity index (χ1n) is 11.8. The first-order chi connectivity index (χ1) is 16.7. The van der Waals surface area contributed by atoms with Crippen LogP contribution >= 0.6 is 11.6 Å². The van der Waals surface area contributed by atoms with Crippen molar-refractivity contribution in [2.24, 2.45) is 5.73 Å². The van der Waals surface area contributed by atoms with Gasteiger partial charge in [0.05, 0.1) is 12.5 Å². The van der Waals surface area contributed by atoms with E-state index in [9.17, 15) is 9.59 Å². The lowest BCUT2D eigenvalue weighted by Crippen LogP contribution is -2.32. The SMILES string of the molecule is CCOC(=O)C1=C(N)OC2=C(C(=O)CCC2)[C@@H]1c1cc(COc2ccc(Cl)cc2C)c(C)cc1C. The van der Waals surface area contributed by atoms with E-state index in [2.05, 4.69) is 0 Å². The number of halogens is 1. The molecule has 7 heteroatoms. The molecule has 2 N–H and O–H groups in total. The van der Waals surface area contributed by atoms with Gasteiger partial charge in [0.15, 0.2) is 5.78 Å². The summed E-state index contributed by atoms with van der Waals surface area (Å²) in [6, 6.07) is 9.55. The van der Waals surface area contributed by atoms with Crippen LogP contribution in [0.1, 0.15) is 59.9 Å². The molecule has 6 nitrogen and oxygen atoms in total. The number of rotatable bonds is 6. The topological polar surface area (TPSA) is 87.9 Å². The van der Waals surface area contributed by atoms with Crippen molar-refractivity contribution in [1.29, 1.82) is 0 Å². The highest BCUT2D eigenvalue weighted by Crippen LogP contribution is 2.45. The third-order valence-corrected chi connectivity index (χ3v) is 6.77. The summed E-state index contributed by atoms with van der Waals surface area (Å²) < 4.78 is 17.2. The number of aryl methyl sites for hydroxylation is 3. The van der Waals surface area contributed by atoms with Crippen molar-refractivity contribution in [1.82, 2.24) is 0 Å². The zero-order chi connectivity index (χ0) is 25.3. The van der Waals surface area contributed by atoms with Gasteiger partial charge in [-0.3, -0.25) is 4.79 Å². The molecular formula is C28H30ClNO5. The van der Waals surface area contributed by atoms with Crippen LogP contribution < -0.4 is 10.5 Å². The second-order valence-electron chi connectivity index (χ2n) is 8.98. The first kappa shape index (κ1) is 24.9. The number of Topliss-reactive ketones (excluding diaryl/α,β-unsaturated/α-hetero) is 1. The minimum Gasteiger partial charge on any atom is -0.489 e. The highest BCUT2D eigenvalue weighted by atomic mass is 35.5. The lowest BCUT2D eigenvalue weighted by atomic mass is 9.75. The smallest absolute Gasteiger partial charge is 0.340 e. The normalized spacial score (nSPS) is 17.7. The fraction of sp³-hybridized carbons (Fsp3) is 0.357. The van der Waals surface area contributed by atoms with Crippen LogP contribution in [-0.2, 0) is 25.7 Å². The Hall–Kier alpha value is -3.25. The number of benzene rings is 2. The molecule has 0 bridgehead atoms. The summed E-state index contributed by atoms with van der Waals surface area (Å²) in [5, 5.41) is 0.653. The highest BCUT2D eigenvalue weighted by Gasteiger charge is 2.41. The largest absolute Gasteiger partial charge is 0.489 e. The van der Waals surface area contributed by atoms with Crippen molar-refractivity contribution in [2.45, 2.75) is 59.5 Å². The van der Waals surface area contributed by atoms with Gasteiger partial charge in [0.2, 0.25) is 5.88 Å². The summed E-state index contributed by atoms with van der Waals surface area (Å²) in [7, 11) is 0. The molecule has 4 rings (SSSR count). The van der Waals surface area contributed by atoms with Gasteiger partial charge in [-0.05, 0) is 80.1 Å². The Labute approximate surface area is 210 Å². The van der Waals surface area contributed by atoms with Crippen molar-refractivity contribution in [3.63, 3.8) is 0 Å². The molecule has 0 radical (unpaired) electrons. The van der Waals surface area contributed by atoms with Crippen LogP contribution in [0.5, 0.6) is 5.75 Å². The first-order valence-corrected chi connectivity index (χ1v) is 12.2. The van der Waals surface area contributed by atoms with E-state index in [0.29, 0.717) is 42.2 Å². The van der Waals surface area contributed by atoms with Crippen LogP contribution in [0.2, 0.25) is 5.02 Å². The molecule has 0 aromatic heterocycles. The van der Waals surface area contributed by atoms with Crippen molar-refractivity contribution < 1.29 is 23.8 Å². The summed E-state index contributed by atoms with van der Waals surface area (Å²) in [5.41, 5.74) is 11.6. The van der Waals surface area contributed by atoms with E-state index >= 15 is 0 Å². The Morgan fingerprint density at radius 1 is 1.11 bits per heavy atom. The van der Waals surface area contributed by atoms with Crippen LogP contribution in [0.3, 0.4) is 0 Å². The van der Waals surface area contributed by atoms with Crippen LogP contribution in [0, 0.1) is 20.8 Å². The van der Waals surface area contributed by atoms with Crippen LogP contribution in [-0.4, -0.2) is 18.4 Å². The Kier molecular flexibility index (Phi) is 7.22. The Bertz CT molecular complexity index is 1260. The summed E-state index contributed by atoms with van der Waals surface area (Å²) in [6.07, 6.45) is 1.70. The van der Waals surface area contributed by atoms with Gasteiger partial charge in [0.25, 0.3) is 0 Å². The molecule has 35 heavy (non-hydrogen) atoms. The number of carbonyl (C=O) groups is 2. The van der Waals surface area contributed by atoms with Crippen molar-refractivity contribution in [2.75, 3.05) is 6.61 Å². The van der Waals surface area contributed by atoms with E-state index in [4.69, 9.17) is 31.5 Å².